The van der Waals surface area contributed by atoms with Gasteiger partial charge in [-0.2, -0.15) is 0 Å². The molecule has 0 saturated heterocycles. The predicted octanol–water partition coefficient (Wildman–Crippen LogP) is 5.48. The first kappa shape index (κ1) is 15.8. The van der Waals surface area contributed by atoms with Crippen molar-refractivity contribution in [2.45, 2.75) is 59.3 Å². The number of aromatic nitrogens is 1. The topological polar surface area (TPSA) is 24.9 Å². The molecular weight excluding hydrogens is 256 g/mol. The van der Waals surface area contributed by atoms with Gasteiger partial charge in [0, 0.05) is 17.5 Å². The molecule has 2 aromatic rings. The SMILES string of the molecule is CCNc1nc2ccc(C(C)CC)cc2cc1C(C)(C)C. The molecular formula is C19H28N2. The standard InChI is InChI=1S/C19H28N2/c1-7-13(3)14-9-10-17-15(11-14)12-16(19(4,5)6)18(21-17)20-8-2/h9-13H,7-8H2,1-6H3,(H,20,21). The molecule has 2 rings (SSSR count). The Morgan fingerprint density at radius 1 is 1.14 bits per heavy atom. The number of hydrogen-bond donors (Lipinski definition) is 1. The van der Waals surface area contributed by atoms with Gasteiger partial charge >= 0.3 is 0 Å². The van der Waals surface area contributed by atoms with E-state index in [2.05, 4.69) is 71.1 Å². The number of nitrogens with one attached hydrogen (secondary N) is 1. The normalized spacial score (nSPS) is 13.4. The average molecular weight is 284 g/mol. The molecule has 2 heteroatoms. The number of anilines is 1. The minimum atomic E-state index is 0.0884. The maximum Gasteiger partial charge on any atom is 0.130 e. The van der Waals surface area contributed by atoms with Gasteiger partial charge < -0.3 is 5.32 Å². The molecule has 0 aliphatic heterocycles. The van der Waals surface area contributed by atoms with E-state index in [1.165, 1.54) is 22.9 Å². The molecule has 1 aromatic carbocycles. The Bertz CT molecular complexity index is 623. The summed E-state index contributed by atoms with van der Waals surface area (Å²) in [6.07, 6.45) is 1.17. The highest BCUT2D eigenvalue weighted by Gasteiger charge is 2.20. The lowest BCUT2D eigenvalue weighted by molar-refractivity contribution is 0.590. The lowest BCUT2D eigenvalue weighted by atomic mass is 9.86. The van der Waals surface area contributed by atoms with Gasteiger partial charge in [-0.15, -0.1) is 0 Å². The van der Waals surface area contributed by atoms with E-state index in [4.69, 9.17) is 4.98 Å². The van der Waals surface area contributed by atoms with E-state index >= 15 is 0 Å². The fraction of sp³-hybridized carbons (Fsp3) is 0.526. The van der Waals surface area contributed by atoms with Gasteiger partial charge in [0.25, 0.3) is 0 Å². The minimum Gasteiger partial charge on any atom is -0.370 e. The molecule has 21 heavy (non-hydrogen) atoms. The van der Waals surface area contributed by atoms with Crippen molar-refractivity contribution >= 4 is 16.7 Å². The molecule has 0 fully saturated rings. The van der Waals surface area contributed by atoms with Crippen molar-refractivity contribution in [2.24, 2.45) is 0 Å². The van der Waals surface area contributed by atoms with Gasteiger partial charge in [0.15, 0.2) is 0 Å². The third kappa shape index (κ3) is 3.37. The molecule has 0 aliphatic rings. The maximum absolute atomic E-state index is 4.85. The van der Waals surface area contributed by atoms with Gasteiger partial charge in [-0.05, 0) is 48.4 Å². The second kappa shape index (κ2) is 6.05. The van der Waals surface area contributed by atoms with E-state index in [9.17, 15) is 0 Å². The first-order valence-corrected chi connectivity index (χ1v) is 8.05. The van der Waals surface area contributed by atoms with Crippen molar-refractivity contribution in [1.29, 1.82) is 0 Å². The summed E-state index contributed by atoms with van der Waals surface area (Å²) in [5, 5.41) is 4.66. The van der Waals surface area contributed by atoms with Crippen LogP contribution in [0.15, 0.2) is 24.3 Å². The molecule has 0 amide bonds. The summed E-state index contributed by atoms with van der Waals surface area (Å²) < 4.78 is 0. The van der Waals surface area contributed by atoms with Gasteiger partial charge in [0.2, 0.25) is 0 Å². The summed E-state index contributed by atoms with van der Waals surface area (Å²) in [5.41, 5.74) is 3.86. The van der Waals surface area contributed by atoms with Gasteiger partial charge in [-0.1, -0.05) is 40.7 Å². The van der Waals surface area contributed by atoms with Crippen LogP contribution in [0.1, 0.15) is 65.0 Å². The lowest BCUT2D eigenvalue weighted by Crippen LogP contribution is -2.16. The van der Waals surface area contributed by atoms with E-state index in [1.54, 1.807) is 0 Å². The Kier molecular flexibility index (Phi) is 4.55. The zero-order chi connectivity index (χ0) is 15.6. The molecule has 0 aliphatic carbocycles. The highest BCUT2D eigenvalue weighted by Crippen LogP contribution is 2.32. The first-order chi connectivity index (χ1) is 9.86. The Labute approximate surface area is 129 Å². The summed E-state index contributed by atoms with van der Waals surface area (Å²) in [7, 11) is 0. The average Bonchev–Trinajstić information content (AvgIpc) is 2.44. The number of pyridine rings is 1. The van der Waals surface area contributed by atoms with E-state index in [0.29, 0.717) is 5.92 Å². The van der Waals surface area contributed by atoms with Crippen LogP contribution >= 0.6 is 0 Å². The number of hydrogen-bond acceptors (Lipinski definition) is 2. The van der Waals surface area contributed by atoms with E-state index < -0.39 is 0 Å². The Hall–Kier alpha value is -1.57. The molecule has 114 valence electrons. The van der Waals surface area contributed by atoms with Gasteiger partial charge in [-0.3, -0.25) is 0 Å². The maximum atomic E-state index is 4.85. The largest absolute Gasteiger partial charge is 0.370 e. The van der Waals surface area contributed by atoms with Crippen LogP contribution in [0.2, 0.25) is 0 Å². The zero-order valence-electron chi connectivity index (χ0n) is 14.2. The molecule has 1 atom stereocenters. The molecule has 0 spiro atoms. The summed E-state index contributed by atoms with van der Waals surface area (Å²) in [6, 6.07) is 8.99. The third-order valence-corrected chi connectivity index (χ3v) is 4.17. The summed E-state index contributed by atoms with van der Waals surface area (Å²) in [5.74, 6) is 1.62. The van der Waals surface area contributed by atoms with Crippen LogP contribution in [-0.4, -0.2) is 11.5 Å². The quantitative estimate of drug-likeness (QED) is 0.804. The van der Waals surface area contributed by atoms with Crippen LogP contribution in [0.25, 0.3) is 10.9 Å². The fourth-order valence-corrected chi connectivity index (χ4v) is 2.61. The van der Waals surface area contributed by atoms with Gasteiger partial charge in [-0.25, -0.2) is 4.98 Å². The Morgan fingerprint density at radius 2 is 1.86 bits per heavy atom. The predicted molar refractivity (Wildman–Crippen MR) is 93.3 cm³/mol. The van der Waals surface area contributed by atoms with E-state index in [0.717, 1.165) is 17.9 Å². The number of nitrogens with zero attached hydrogens (tertiary/aromatic N) is 1. The monoisotopic (exact) mass is 284 g/mol. The van der Waals surface area contributed by atoms with Crippen LogP contribution in [0.3, 0.4) is 0 Å². The van der Waals surface area contributed by atoms with E-state index in [1.807, 2.05) is 0 Å². The smallest absolute Gasteiger partial charge is 0.130 e. The molecule has 2 nitrogen and oxygen atoms in total. The molecule has 1 unspecified atom stereocenters. The second-order valence-electron chi connectivity index (χ2n) is 6.93. The van der Waals surface area contributed by atoms with Crippen molar-refractivity contribution in [1.82, 2.24) is 4.98 Å². The molecule has 0 radical (unpaired) electrons. The van der Waals surface area contributed by atoms with Crippen LogP contribution in [-0.2, 0) is 5.41 Å². The summed E-state index contributed by atoms with van der Waals surface area (Å²) in [6.45, 7) is 14.3. The van der Waals surface area contributed by atoms with E-state index in [-0.39, 0.29) is 5.41 Å². The number of benzene rings is 1. The van der Waals surface area contributed by atoms with Crippen molar-refractivity contribution in [3.05, 3.63) is 35.4 Å². The van der Waals surface area contributed by atoms with Crippen molar-refractivity contribution in [3.63, 3.8) is 0 Å². The van der Waals surface area contributed by atoms with Gasteiger partial charge in [0.05, 0.1) is 5.52 Å². The minimum absolute atomic E-state index is 0.0884. The van der Waals surface area contributed by atoms with Gasteiger partial charge in [0.1, 0.15) is 5.82 Å². The second-order valence-corrected chi connectivity index (χ2v) is 6.93. The van der Waals surface area contributed by atoms with Crippen molar-refractivity contribution in [2.75, 3.05) is 11.9 Å². The first-order valence-electron chi connectivity index (χ1n) is 8.05. The Balaban J connectivity index is 2.61. The van der Waals surface area contributed by atoms with Crippen LogP contribution < -0.4 is 5.32 Å². The molecule has 0 bridgehead atoms. The number of rotatable bonds is 4. The van der Waals surface area contributed by atoms with Crippen LogP contribution in [0.4, 0.5) is 5.82 Å². The van der Waals surface area contributed by atoms with Crippen molar-refractivity contribution in [3.8, 4) is 0 Å². The summed E-state index contributed by atoms with van der Waals surface area (Å²) >= 11 is 0. The molecule has 1 heterocycles. The lowest BCUT2D eigenvalue weighted by Gasteiger charge is -2.23. The zero-order valence-corrected chi connectivity index (χ0v) is 14.2. The molecule has 0 saturated carbocycles. The Morgan fingerprint density at radius 3 is 2.43 bits per heavy atom. The fourth-order valence-electron chi connectivity index (χ4n) is 2.61. The van der Waals surface area contributed by atoms with Crippen LogP contribution in [0, 0.1) is 0 Å². The summed E-state index contributed by atoms with van der Waals surface area (Å²) in [4.78, 5) is 4.85. The van der Waals surface area contributed by atoms with Crippen LogP contribution in [0.5, 0.6) is 0 Å². The molecule has 1 N–H and O–H groups in total. The highest BCUT2D eigenvalue weighted by atomic mass is 15.0. The highest BCUT2D eigenvalue weighted by molar-refractivity contribution is 5.83. The van der Waals surface area contributed by atoms with Crippen molar-refractivity contribution < 1.29 is 0 Å². The number of fused-ring (bicyclic) bond motifs is 1. The molecule has 1 aromatic heterocycles. The third-order valence-electron chi connectivity index (χ3n) is 4.17.